The fourth-order valence-corrected chi connectivity index (χ4v) is 3.66. The summed E-state index contributed by atoms with van der Waals surface area (Å²) in [7, 11) is 0. The van der Waals surface area contributed by atoms with Crippen molar-refractivity contribution in [2.24, 2.45) is 0 Å². The van der Waals surface area contributed by atoms with Crippen molar-refractivity contribution in [3.8, 4) is 17.2 Å². The lowest BCUT2D eigenvalue weighted by Gasteiger charge is -2.36. The van der Waals surface area contributed by atoms with Crippen LogP contribution in [0.1, 0.15) is 27.0 Å². The summed E-state index contributed by atoms with van der Waals surface area (Å²) in [5.41, 5.74) is 1.19. The van der Waals surface area contributed by atoms with Crippen molar-refractivity contribution in [3.63, 3.8) is 0 Å². The molecule has 116 valence electrons. The molecule has 1 atom stereocenters. The number of hydrogen-bond acceptors (Lipinski definition) is 4. The Bertz CT molecular complexity index is 1010. The van der Waals surface area contributed by atoms with Gasteiger partial charge in [-0.1, -0.05) is 42.5 Å². The number of carbonyl (C=O) groups is 1. The summed E-state index contributed by atoms with van der Waals surface area (Å²) < 4.78 is 11.9. The van der Waals surface area contributed by atoms with Gasteiger partial charge in [-0.25, -0.2) is 4.79 Å². The van der Waals surface area contributed by atoms with E-state index in [4.69, 9.17) is 9.47 Å². The first kappa shape index (κ1) is 13.2. The molecule has 2 heterocycles. The number of esters is 1. The van der Waals surface area contributed by atoms with Crippen LogP contribution in [0.15, 0.2) is 66.7 Å². The maximum Gasteiger partial charge on any atom is 0.340 e. The van der Waals surface area contributed by atoms with Crippen molar-refractivity contribution in [2.45, 2.75) is 5.60 Å². The van der Waals surface area contributed by atoms with E-state index in [0.717, 1.165) is 0 Å². The number of aromatic hydroxyl groups is 1. The molecule has 0 radical (unpaired) electrons. The van der Waals surface area contributed by atoms with Gasteiger partial charge in [-0.15, -0.1) is 0 Å². The van der Waals surface area contributed by atoms with Gasteiger partial charge in [0.05, 0.1) is 11.1 Å². The highest BCUT2D eigenvalue weighted by atomic mass is 16.6. The van der Waals surface area contributed by atoms with E-state index in [0.29, 0.717) is 33.8 Å². The van der Waals surface area contributed by atoms with Crippen LogP contribution in [0.4, 0.5) is 0 Å². The van der Waals surface area contributed by atoms with Crippen LogP contribution in [-0.4, -0.2) is 11.1 Å². The lowest BCUT2D eigenvalue weighted by atomic mass is 9.77. The number of phenols is 1. The molecule has 2 aliphatic rings. The molecular formula is C20H12O4. The predicted octanol–water partition coefficient (Wildman–Crippen LogP) is 3.96. The number of phenolic OH excluding ortho intramolecular Hbond substituents is 1. The van der Waals surface area contributed by atoms with Crippen LogP contribution >= 0.6 is 0 Å². The van der Waals surface area contributed by atoms with E-state index in [9.17, 15) is 9.90 Å². The molecule has 3 aromatic carbocycles. The van der Waals surface area contributed by atoms with Gasteiger partial charge in [-0.2, -0.15) is 0 Å². The van der Waals surface area contributed by atoms with E-state index in [2.05, 4.69) is 0 Å². The Morgan fingerprint density at radius 3 is 2.38 bits per heavy atom. The molecule has 1 spiro atoms. The smallest absolute Gasteiger partial charge is 0.340 e. The average Bonchev–Trinajstić information content (AvgIpc) is 2.89. The average molecular weight is 316 g/mol. The first-order chi connectivity index (χ1) is 11.7. The van der Waals surface area contributed by atoms with Crippen LogP contribution in [0.2, 0.25) is 0 Å². The molecule has 2 aliphatic heterocycles. The zero-order valence-corrected chi connectivity index (χ0v) is 12.5. The Morgan fingerprint density at radius 2 is 1.50 bits per heavy atom. The van der Waals surface area contributed by atoms with Crippen LogP contribution in [0, 0.1) is 0 Å². The third-order valence-corrected chi connectivity index (χ3v) is 4.61. The summed E-state index contributed by atoms with van der Waals surface area (Å²) >= 11 is 0. The Kier molecular flexibility index (Phi) is 2.41. The largest absolute Gasteiger partial charge is 0.507 e. The van der Waals surface area contributed by atoms with Crippen LogP contribution < -0.4 is 4.74 Å². The third kappa shape index (κ3) is 1.45. The van der Waals surface area contributed by atoms with Crippen LogP contribution in [0.25, 0.3) is 0 Å². The van der Waals surface area contributed by atoms with E-state index >= 15 is 0 Å². The highest BCUT2D eigenvalue weighted by Crippen LogP contribution is 2.58. The van der Waals surface area contributed by atoms with E-state index in [1.807, 2.05) is 36.4 Å². The molecule has 0 saturated carbocycles. The van der Waals surface area contributed by atoms with Crippen molar-refractivity contribution in [3.05, 3.63) is 89.0 Å². The van der Waals surface area contributed by atoms with Gasteiger partial charge in [0.15, 0.2) is 5.60 Å². The van der Waals surface area contributed by atoms with E-state index in [-0.39, 0.29) is 5.75 Å². The minimum Gasteiger partial charge on any atom is -0.507 e. The van der Waals surface area contributed by atoms with Crippen molar-refractivity contribution in [1.82, 2.24) is 0 Å². The van der Waals surface area contributed by atoms with Crippen LogP contribution in [-0.2, 0) is 10.3 Å². The summed E-state index contributed by atoms with van der Waals surface area (Å²) in [6.45, 7) is 0. The zero-order chi connectivity index (χ0) is 16.3. The van der Waals surface area contributed by atoms with Gasteiger partial charge in [0, 0.05) is 11.1 Å². The SMILES string of the molecule is O=C1OC2(c3ccccc3Oc3cccc(O)c32)c2ccccc21. The van der Waals surface area contributed by atoms with Gasteiger partial charge >= 0.3 is 5.97 Å². The standard InChI is InChI=1S/C20H12O4/c21-15-9-5-11-17-18(15)20(14-8-3-4-10-16(14)23-17)13-7-2-1-6-12(13)19(22)24-20/h1-11,21H. The van der Waals surface area contributed by atoms with E-state index in [1.165, 1.54) is 0 Å². The van der Waals surface area contributed by atoms with Crippen molar-refractivity contribution >= 4 is 5.97 Å². The van der Waals surface area contributed by atoms with Gasteiger partial charge in [-0.3, -0.25) is 0 Å². The molecule has 0 bridgehead atoms. The Morgan fingerprint density at radius 1 is 0.792 bits per heavy atom. The normalized spacial score (nSPS) is 19.9. The second-order valence-corrected chi connectivity index (χ2v) is 5.86. The maximum absolute atomic E-state index is 12.5. The van der Waals surface area contributed by atoms with Gasteiger partial charge in [0.1, 0.15) is 17.2 Å². The molecule has 1 N–H and O–H groups in total. The van der Waals surface area contributed by atoms with E-state index < -0.39 is 11.6 Å². The molecule has 24 heavy (non-hydrogen) atoms. The fourth-order valence-electron chi connectivity index (χ4n) is 3.66. The van der Waals surface area contributed by atoms with Gasteiger partial charge in [-0.05, 0) is 24.3 Å². The molecule has 0 saturated heterocycles. The summed E-state index contributed by atoms with van der Waals surface area (Å²) in [6, 6.07) is 19.7. The molecule has 1 unspecified atom stereocenters. The minimum absolute atomic E-state index is 0.0338. The van der Waals surface area contributed by atoms with Crippen molar-refractivity contribution in [2.75, 3.05) is 0 Å². The molecule has 0 aliphatic carbocycles. The van der Waals surface area contributed by atoms with E-state index in [1.54, 1.807) is 30.3 Å². The summed E-state index contributed by atoms with van der Waals surface area (Å²) in [4.78, 5) is 12.5. The van der Waals surface area contributed by atoms with Crippen LogP contribution in [0.5, 0.6) is 17.2 Å². The molecule has 0 aromatic heterocycles. The quantitative estimate of drug-likeness (QED) is 0.638. The first-order valence-corrected chi connectivity index (χ1v) is 7.64. The summed E-state index contributed by atoms with van der Waals surface area (Å²) in [6.07, 6.45) is 0. The molecular weight excluding hydrogens is 304 g/mol. The molecule has 0 fully saturated rings. The maximum atomic E-state index is 12.5. The Hall–Kier alpha value is -3.27. The van der Waals surface area contributed by atoms with Gasteiger partial charge in [0.2, 0.25) is 0 Å². The number of hydrogen-bond donors (Lipinski definition) is 1. The molecule has 4 nitrogen and oxygen atoms in total. The zero-order valence-electron chi connectivity index (χ0n) is 12.5. The summed E-state index contributed by atoms with van der Waals surface area (Å²) in [5, 5.41) is 10.5. The lowest BCUT2D eigenvalue weighted by Crippen LogP contribution is -2.33. The number of ether oxygens (including phenoxy) is 2. The van der Waals surface area contributed by atoms with Crippen molar-refractivity contribution < 1.29 is 19.4 Å². The third-order valence-electron chi connectivity index (χ3n) is 4.61. The second kappa shape index (κ2) is 4.38. The Balaban J connectivity index is 1.96. The Labute approximate surface area is 137 Å². The monoisotopic (exact) mass is 316 g/mol. The van der Waals surface area contributed by atoms with Gasteiger partial charge < -0.3 is 14.6 Å². The van der Waals surface area contributed by atoms with Crippen molar-refractivity contribution in [1.29, 1.82) is 0 Å². The highest BCUT2D eigenvalue weighted by molar-refractivity contribution is 5.97. The molecule has 3 aromatic rings. The first-order valence-electron chi connectivity index (χ1n) is 7.64. The van der Waals surface area contributed by atoms with Gasteiger partial charge in [0.25, 0.3) is 0 Å². The van der Waals surface area contributed by atoms with Crippen LogP contribution in [0.3, 0.4) is 0 Å². The minimum atomic E-state index is -1.19. The highest BCUT2D eigenvalue weighted by Gasteiger charge is 2.54. The number of carbonyl (C=O) groups excluding carboxylic acids is 1. The number of fused-ring (bicyclic) bond motifs is 6. The molecule has 5 rings (SSSR count). The lowest BCUT2D eigenvalue weighted by molar-refractivity contribution is 0.0217. The summed E-state index contributed by atoms with van der Waals surface area (Å²) in [5.74, 6) is 0.723. The number of para-hydroxylation sites is 1. The second-order valence-electron chi connectivity index (χ2n) is 5.86. The fraction of sp³-hybridized carbons (Fsp3) is 0.0500. The number of benzene rings is 3. The molecule has 0 amide bonds. The topological polar surface area (TPSA) is 55.8 Å². The predicted molar refractivity (Wildman–Crippen MR) is 86.4 cm³/mol. The molecule has 4 heteroatoms. The number of rotatable bonds is 0.